The van der Waals surface area contributed by atoms with Gasteiger partial charge in [0.15, 0.2) is 0 Å². The van der Waals surface area contributed by atoms with Crippen LogP contribution in [0.4, 0.5) is 0 Å². The van der Waals surface area contributed by atoms with Crippen LogP contribution in [0.25, 0.3) is 0 Å². The number of ether oxygens (including phenoxy) is 1. The van der Waals surface area contributed by atoms with Crippen molar-refractivity contribution >= 4 is 0 Å². The van der Waals surface area contributed by atoms with Gasteiger partial charge in [-0.05, 0) is 17.2 Å². The summed E-state index contributed by atoms with van der Waals surface area (Å²) in [5, 5.41) is 3.35. The smallest absolute Gasteiger partial charge is 0.208 e. The van der Waals surface area contributed by atoms with E-state index in [1.807, 2.05) is 0 Å². The van der Waals surface area contributed by atoms with Crippen molar-refractivity contribution in [2.75, 3.05) is 6.61 Å². The van der Waals surface area contributed by atoms with E-state index in [0.717, 1.165) is 43.4 Å². The lowest BCUT2D eigenvalue weighted by molar-refractivity contribution is 0.357. The van der Waals surface area contributed by atoms with Gasteiger partial charge in [0.05, 0.1) is 19.3 Å². The summed E-state index contributed by atoms with van der Waals surface area (Å²) in [4.78, 5) is 4.23. The maximum atomic E-state index is 5.55. The first-order chi connectivity index (χ1) is 9.35. The van der Waals surface area contributed by atoms with Crippen molar-refractivity contribution in [1.29, 1.82) is 0 Å². The van der Waals surface area contributed by atoms with Crippen molar-refractivity contribution in [1.82, 2.24) is 10.3 Å². The molecule has 2 heterocycles. The van der Waals surface area contributed by atoms with Gasteiger partial charge in [-0.15, -0.1) is 0 Å². The van der Waals surface area contributed by atoms with Gasteiger partial charge in [-0.2, -0.15) is 0 Å². The van der Waals surface area contributed by atoms with Crippen LogP contribution in [-0.2, 0) is 25.9 Å². The molecule has 100 valence electrons. The largest absolute Gasteiger partial charge is 0.493 e. The van der Waals surface area contributed by atoms with Crippen LogP contribution < -0.4 is 10.1 Å². The average molecular weight is 258 g/mol. The van der Waals surface area contributed by atoms with Gasteiger partial charge < -0.3 is 14.5 Å². The molecule has 0 amide bonds. The SMILES string of the molecule is CCc1cnc(CNCc2ccc3c(c2)CCO3)o1. The van der Waals surface area contributed by atoms with Crippen LogP contribution in [0.15, 0.2) is 28.8 Å². The van der Waals surface area contributed by atoms with Crippen molar-refractivity contribution in [2.45, 2.75) is 32.9 Å². The van der Waals surface area contributed by atoms with E-state index < -0.39 is 0 Å². The maximum absolute atomic E-state index is 5.55. The third-order valence-electron chi connectivity index (χ3n) is 3.31. The lowest BCUT2D eigenvalue weighted by Gasteiger charge is -2.05. The van der Waals surface area contributed by atoms with Crippen molar-refractivity contribution in [3.8, 4) is 5.75 Å². The molecular weight excluding hydrogens is 240 g/mol. The van der Waals surface area contributed by atoms with E-state index in [0.29, 0.717) is 6.54 Å². The van der Waals surface area contributed by atoms with E-state index in [4.69, 9.17) is 9.15 Å². The summed E-state index contributed by atoms with van der Waals surface area (Å²) >= 11 is 0. The molecule has 0 spiro atoms. The number of nitrogens with zero attached hydrogens (tertiary/aromatic N) is 1. The second kappa shape index (κ2) is 5.45. The second-order valence-corrected chi connectivity index (χ2v) is 4.72. The molecule has 0 saturated carbocycles. The Hall–Kier alpha value is -1.81. The molecule has 3 rings (SSSR count). The molecule has 0 fully saturated rings. The van der Waals surface area contributed by atoms with Crippen LogP contribution in [0, 0.1) is 0 Å². The Bertz CT molecular complexity index is 563. The lowest BCUT2D eigenvalue weighted by atomic mass is 10.1. The zero-order valence-electron chi connectivity index (χ0n) is 11.1. The Balaban J connectivity index is 1.54. The number of rotatable bonds is 5. The predicted molar refractivity (Wildman–Crippen MR) is 72.1 cm³/mol. The maximum Gasteiger partial charge on any atom is 0.208 e. The monoisotopic (exact) mass is 258 g/mol. The number of oxazole rings is 1. The molecule has 0 unspecified atom stereocenters. The first kappa shape index (κ1) is 12.2. The Morgan fingerprint density at radius 1 is 1.32 bits per heavy atom. The van der Waals surface area contributed by atoms with Gasteiger partial charge in [0.1, 0.15) is 11.5 Å². The molecule has 0 saturated heterocycles. The Kier molecular flexibility index (Phi) is 3.51. The molecule has 0 bridgehead atoms. The summed E-state index contributed by atoms with van der Waals surface area (Å²) in [5.74, 6) is 2.72. The van der Waals surface area contributed by atoms with Crippen LogP contribution in [0.1, 0.15) is 29.7 Å². The van der Waals surface area contributed by atoms with E-state index in [2.05, 4.69) is 35.4 Å². The standard InChI is InChI=1S/C15H18N2O2/c1-2-13-9-17-15(19-13)10-16-8-11-3-4-14-12(7-11)5-6-18-14/h3-4,7,9,16H,2,5-6,8,10H2,1H3. The quantitative estimate of drug-likeness (QED) is 0.895. The fourth-order valence-corrected chi connectivity index (χ4v) is 2.26. The minimum atomic E-state index is 0.660. The summed E-state index contributed by atoms with van der Waals surface area (Å²) in [6.07, 6.45) is 3.70. The van der Waals surface area contributed by atoms with E-state index in [-0.39, 0.29) is 0 Å². The Labute approximate surface area is 112 Å². The van der Waals surface area contributed by atoms with E-state index in [9.17, 15) is 0 Å². The molecule has 0 atom stereocenters. The van der Waals surface area contributed by atoms with E-state index >= 15 is 0 Å². The third-order valence-corrected chi connectivity index (χ3v) is 3.31. The van der Waals surface area contributed by atoms with Crippen LogP contribution >= 0.6 is 0 Å². The zero-order chi connectivity index (χ0) is 13.1. The van der Waals surface area contributed by atoms with Crippen LogP contribution in [-0.4, -0.2) is 11.6 Å². The molecule has 0 aliphatic carbocycles. The van der Waals surface area contributed by atoms with Gasteiger partial charge in [0, 0.05) is 19.4 Å². The van der Waals surface area contributed by atoms with Crippen molar-refractivity contribution < 1.29 is 9.15 Å². The molecule has 4 nitrogen and oxygen atoms in total. The van der Waals surface area contributed by atoms with Gasteiger partial charge in [0.25, 0.3) is 0 Å². The highest BCUT2D eigenvalue weighted by Gasteiger charge is 2.11. The van der Waals surface area contributed by atoms with E-state index in [1.165, 1.54) is 11.1 Å². The molecule has 1 N–H and O–H groups in total. The molecule has 1 aliphatic rings. The summed E-state index contributed by atoms with van der Waals surface area (Å²) in [6, 6.07) is 6.37. The first-order valence-electron chi connectivity index (χ1n) is 6.74. The van der Waals surface area contributed by atoms with Gasteiger partial charge >= 0.3 is 0 Å². The molecule has 1 aromatic heterocycles. The third kappa shape index (κ3) is 2.79. The van der Waals surface area contributed by atoms with Crippen molar-refractivity contribution in [3.05, 3.63) is 47.2 Å². The molecule has 1 aromatic carbocycles. The van der Waals surface area contributed by atoms with Gasteiger partial charge in [-0.25, -0.2) is 4.98 Å². The number of aromatic nitrogens is 1. The van der Waals surface area contributed by atoms with Gasteiger partial charge in [-0.3, -0.25) is 0 Å². The van der Waals surface area contributed by atoms with Crippen LogP contribution in [0.5, 0.6) is 5.75 Å². The molecule has 2 aromatic rings. The fraction of sp³-hybridized carbons (Fsp3) is 0.400. The van der Waals surface area contributed by atoms with Gasteiger partial charge in [0.2, 0.25) is 5.89 Å². The molecular formula is C15H18N2O2. The van der Waals surface area contributed by atoms with Crippen LogP contribution in [0.3, 0.4) is 0 Å². The molecule has 19 heavy (non-hydrogen) atoms. The lowest BCUT2D eigenvalue weighted by Crippen LogP contribution is -2.12. The summed E-state index contributed by atoms with van der Waals surface area (Å²) < 4.78 is 11.0. The number of aryl methyl sites for hydroxylation is 1. The van der Waals surface area contributed by atoms with Crippen molar-refractivity contribution in [2.24, 2.45) is 0 Å². The first-order valence-corrected chi connectivity index (χ1v) is 6.74. The molecule has 0 radical (unpaired) electrons. The molecule has 1 aliphatic heterocycles. The van der Waals surface area contributed by atoms with Crippen molar-refractivity contribution in [3.63, 3.8) is 0 Å². The number of nitrogens with one attached hydrogen (secondary N) is 1. The minimum absolute atomic E-state index is 0.660. The number of hydrogen-bond acceptors (Lipinski definition) is 4. The molecule has 4 heteroatoms. The number of benzene rings is 1. The zero-order valence-corrected chi connectivity index (χ0v) is 11.1. The fourth-order valence-electron chi connectivity index (χ4n) is 2.26. The number of hydrogen-bond donors (Lipinski definition) is 1. The second-order valence-electron chi connectivity index (χ2n) is 4.72. The average Bonchev–Trinajstić information content (AvgIpc) is 3.06. The highest BCUT2D eigenvalue weighted by atomic mass is 16.5. The Morgan fingerprint density at radius 3 is 3.11 bits per heavy atom. The van der Waals surface area contributed by atoms with E-state index in [1.54, 1.807) is 6.20 Å². The summed E-state index contributed by atoms with van der Waals surface area (Å²) in [5.41, 5.74) is 2.58. The highest BCUT2D eigenvalue weighted by molar-refractivity contribution is 5.39. The summed E-state index contributed by atoms with van der Waals surface area (Å²) in [6.45, 7) is 4.34. The highest BCUT2D eigenvalue weighted by Crippen LogP contribution is 2.25. The Morgan fingerprint density at radius 2 is 2.26 bits per heavy atom. The predicted octanol–water partition coefficient (Wildman–Crippen LogP) is 2.46. The number of fused-ring (bicyclic) bond motifs is 1. The summed E-state index contributed by atoms with van der Waals surface area (Å²) in [7, 11) is 0. The van der Waals surface area contributed by atoms with Crippen LogP contribution in [0.2, 0.25) is 0 Å². The topological polar surface area (TPSA) is 47.3 Å². The normalized spacial score (nSPS) is 13.3. The minimum Gasteiger partial charge on any atom is -0.493 e. The van der Waals surface area contributed by atoms with Gasteiger partial charge in [-0.1, -0.05) is 19.1 Å².